The maximum atomic E-state index is 13.7. The van der Waals surface area contributed by atoms with Gasteiger partial charge in [0.25, 0.3) is 0 Å². The second-order valence-electron chi connectivity index (χ2n) is 5.67. The molecule has 1 heterocycles. The van der Waals surface area contributed by atoms with Gasteiger partial charge in [-0.2, -0.15) is 0 Å². The van der Waals surface area contributed by atoms with E-state index < -0.39 is 0 Å². The van der Waals surface area contributed by atoms with Gasteiger partial charge in [0.2, 0.25) is 5.91 Å². The third-order valence-electron chi connectivity index (χ3n) is 4.31. The summed E-state index contributed by atoms with van der Waals surface area (Å²) in [5.41, 5.74) is 0.247. The number of nitrogens with one attached hydrogen (secondary N) is 1. The van der Waals surface area contributed by atoms with E-state index in [9.17, 15) is 9.18 Å². The molecule has 1 aliphatic heterocycles. The Balaban J connectivity index is 2.10. The van der Waals surface area contributed by atoms with Crippen LogP contribution in [0.25, 0.3) is 0 Å². The molecule has 1 unspecified atom stereocenters. The standard InChI is InChI=1S/C16H23FN2O/c1-3-16(9-6-10-18-12-16)15(20)19(2)11-13-7-4-5-8-14(13)17/h4-5,7-8,18H,3,6,9-12H2,1-2H3. The topological polar surface area (TPSA) is 32.3 Å². The van der Waals surface area contributed by atoms with E-state index in [1.54, 1.807) is 30.1 Å². The Morgan fingerprint density at radius 1 is 1.45 bits per heavy atom. The molecular weight excluding hydrogens is 255 g/mol. The molecule has 1 amide bonds. The van der Waals surface area contributed by atoms with Gasteiger partial charge in [-0.05, 0) is 31.9 Å². The molecule has 0 aromatic heterocycles. The number of carbonyl (C=O) groups excluding carboxylic acids is 1. The van der Waals surface area contributed by atoms with Crippen molar-refractivity contribution in [2.75, 3.05) is 20.1 Å². The van der Waals surface area contributed by atoms with Gasteiger partial charge in [-0.1, -0.05) is 25.1 Å². The van der Waals surface area contributed by atoms with Crippen LogP contribution in [-0.2, 0) is 11.3 Å². The first-order valence-corrected chi connectivity index (χ1v) is 7.29. The molecule has 1 aromatic rings. The van der Waals surface area contributed by atoms with Crippen LogP contribution in [0.2, 0.25) is 0 Å². The van der Waals surface area contributed by atoms with Gasteiger partial charge in [-0.3, -0.25) is 4.79 Å². The van der Waals surface area contributed by atoms with Crippen LogP contribution in [0.4, 0.5) is 4.39 Å². The van der Waals surface area contributed by atoms with Crippen LogP contribution in [0.1, 0.15) is 31.7 Å². The van der Waals surface area contributed by atoms with Gasteiger partial charge in [-0.25, -0.2) is 4.39 Å². The average molecular weight is 278 g/mol. The van der Waals surface area contributed by atoms with Gasteiger partial charge in [0.15, 0.2) is 0 Å². The van der Waals surface area contributed by atoms with E-state index >= 15 is 0 Å². The number of amides is 1. The molecule has 1 atom stereocenters. The molecular formula is C16H23FN2O. The summed E-state index contributed by atoms with van der Waals surface area (Å²) in [7, 11) is 1.76. The third kappa shape index (κ3) is 3.01. The Morgan fingerprint density at radius 3 is 2.80 bits per heavy atom. The van der Waals surface area contributed by atoms with Crippen LogP contribution < -0.4 is 5.32 Å². The van der Waals surface area contributed by atoms with Gasteiger partial charge >= 0.3 is 0 Å². The van der Waals surface area contributed by atoms with Gasteiger partial charge in [0.1, 0.15) is 5.82 Å². The van der Waals surface area contributed by atoms with Crippen LogP contribution >= 0.6 is 0 Å². The molecule has 0 bridgehead atoms. The molecule has 0 radical (unpaired) electrons. The fourth-order valence-electron chi connectivity index (χ4n) is 2.96. The zero-order valence-electron chi connectivity index (χ0n) is 12.3. The second-order valence-corrected chi connectivity index (χ2v) is 5.67. The lowest BCUT2D eigenvalue weighted by Crippen LogP contribution is -2.50. The highest BCUT2D eigenvalue weighted by atomic mass is 19.1. The van der Waals surface area contributed by atoms with Crippen LogP contribution in [0.5, 0.6) is 0 Å². The maximum Gasteiger partial charge on any atom is 0.230 e. The fraction of sp³-hybridized carbons (Fsp3) is 0.562. The first kappa shape index (κ1) is 15.0. The Bertz CT molecular complexity index is 469. The predicted octanol–water partition coefficient (Wildman–Crippen LogP) is 2.56. The lowest BCUT2D eigenvalue weighted by atomic mass is 9.77. The highest BCUT2D eigenvalue weighted by molar-refractivity contribution is 5.83. The average Bonchev–Trinajstić information content (AvgIpc) is 2.49. The van der Waals surface area contributed by atoms with E-state index in [0.717, 1.165) is 32.4 Å². The molecule has 20 heavy (non-hydrogen) atoms. The zero-order valence-corrected chi connectivity index (χ0v) is 12.3. The molecule has 110 valence electrons. The summed E-state index contributed by atoms with van der Waals surface area (Å²) in [5.74, 6) is -0.130. The van der Waals surface area contributed by atoms with Crippen LogP contribution in [0.3, 0.4) is 0 Å². The molecule has 1 aromatic carbocycles. The summed E-state index contributed by atoms with van der Waals surface area (Å²) in [5, 5.41) is 3.32. The molecule has 1 fully saturated rings. The van der Waals surface area contributed by atoms with E-state index in [0.29, 0.717) is 12.1 Å². The fourth-order valence-corrected chi connectivity index (χ4v) is 2.96. The van der Waals surface area contributed by atoms with E-state index in [1.165, 1.54) is 6.07 Å². The minimum atomic E-state index is -0.321. The zero-order chi connectivity index (χ0) is 14.6. The third-order valence-corrected chi connectivity index (χ3v) is 4.31. The molecule has 0 saturated carbocycles. The number of hydrogen-bond acceptors (Lipinski definition) is 2. The lowest BCUT2D eigenvalue weighted by molar-refractivity contribution is -0.142. The van der Waals surface area contributed by atoms with Crippen molar-refractivity contribution >= 4 is 5.91 Å². The quantitative estimate of drug-likeness (QED) is 0.918. The first-order chi connectivity index (χ1) is 9.59. The van der Waals surface area contributed by atoms with Crippen molar-refractivity contribution in [1.82, 2.24) is 10.2 Å². The van der Waals surface area contributed by atoms with Crippen molar-refractivity contribution in [2.45, 2.75) is 32.7 Å². The summed E-state index contributed by atoms with van der Waals surface area (Å²) < 4.78 is 13.7. The predicted molar refractivity (Wildman–Crippen MR) is 77.7 cm³/mol. The normalized spacial score (nSPS) is 22.6. The van der Waals surface area contributed by atoms with Gasteiger partial charge in [-0.15, -0.1) is 0 Å². The van der Waals surface area contributed by atoms with Crippen molar-refractivity contribution in [3.63, 3.8) is 0 Å². The van der Waals surface area contributed by atoms with Crippen molar-refractivity contribution in [3.8, 4) is 0 Å². The molecule has 2 rings (SSSR count). The van der Waals surface area contributed by atoms with Gasteiger partial charge < -0.3 is 10.2 Å². The molecule has 4 heteroatoms. The molecule has 0 aliphatic carbocycles. The minimum Gasteiger partial charge on any atom is -0.341 e. The summed E-state index contributed by atoms with van der Waals surface area (Å²) in [6, 6.07) is 6.63. The van der Waals surface area contributed by atoms with Gasteiger partial charge in [0, 0.05) is 25.7 Å². The smallest absolute Gasteiger partial charge is 0.230 e. The van der Waals surface area contributed by atoms with E-state index in [1.807, 2.05) is 0 Å². The SMILES string of the molecule is CCC1(C(=O)N(C)Cc2ccccc2F)CCCNC1. The van der Waals surface area contributed by atoms with Gasteiger partial charge in [0.05, 0.1) is 5.41 Å². The lowest BCUT2D eigenvalue weighted by Gasteiger charge is -2.38. The van der Waals surface area contributed by atoms with E-state index in [4.69, 9.17) is 0 Å². The number of halogens is 1. The summed E-state index contributed by atoms with van der Waals surface area (Å²) in [4.78, 5) is 14.4. The van der Waals surface area contributed by atoms with Crippen LogP contribution in [0, 0.1) is 11.2 Å². The number of rotatable bonds is 4. The number of piperidine rings is 1. The molecule has 1 N–H and O–H groups in total. The number of nitrogens with zero attached hydrogens (tertiary/aromatic N) is 1. The van der Waals surface area contributed by atoms with Crippen LogP contribution in [0.15, 0.2) is 24.3 Å². The highest BCUT2D eigenvalue weighted by Crippen LogP contribution is 2.32. The number of carbonyl (C=O) groups is 1. The highest BCUT2D eigenvalue weighted by Gasteiger charge is 2.39. The molecule has 1 aliphatic rings. The summed E-state index contributed by atoms with van der Waals surface area (Å²) in [6.45, 7) is 4.09. The Kier molecular flexibility index (Phi) is 4.76. The largest absolute Gasteiger partial charge is 0.341 e. The monoisotopic (exact) mass is 278 g/mol. The Hall–Kier alpha value is -1.42. The van der Waals surface area contributed by atoms with E-state index in [-0.39, 0.29) is 17.1 Å². The van der Waals surface area contributed by atoms with Crippen molar-refractivity contribution < 1.29 is 9.18 Å². The maximum absolute atomic E-state index is 13.7. The molecule has 0 spiro atoms. The molecule has 1 saturated heterocycles. The van der Waals surface area contributed by atoms with E-state index in [2.05, 4.69) is 12.2 Å². The Labute approximate surface area is 120 Å². The summed E-state index contributed by atoms with van der Waals surface area (Å²) in [6.07, 6.45) is 2.75. The Morgan fingerprint density at radius 2 is 2.20 bits per heavy atom. The van der Waals surface area contributed by atoms with Crippen LogP contribution in [-0.4, -0.2) is 30.9 Å². The van der Waals surface area contributed by atoms with Crippen molar-refractivity contribution in [2.24, 2.45) is 5.41 Å². The first-order valence-electron chi connectivity index (χ1n) is 7.29. The van der Waals surface area contributed by atoms with Crippen molar-refractivity contribution in [1.29, 1.82) is 0 Å². The second kappa shape index (κ2) is 6.35. The molecule has 3 nitrogen and oxygen atoms in total. The summed E-state index contributed by atoms with van der Waals surface area (Å²) >= 11 is 0. The minimum absolute atomic E-state index is 0.121. The van der Waals surface area contributed by atoms with Crippen molar-refractivity contribution in [3.05, 3.63) is 35.6 Å². The number of hydrogen-bond donors (Lipinski definition) is 1. The number of benzene rings is 1.